The van der Waals surface area contributed by atoms with Gasteiger partial charge in [-0.1, -0.05) is 30.3 Å². The zero-order valence-corrected chi connectivity index (χ0v) is 11.4. The smallest absolute Gasteiger partial charge is 0.0826 e. The zero-order valence-electron chi connectivity index (χ0n) is 11.4. The molecule has 0 amide bonds. The fourth-order valence-electron chi connectivity index (χ4n) is 2.31. The maximum Gasteiger partial charge on any atom is 0.0826 e. The van der Waals surface area contributed by atoms with Crippen LogP contribution in [0.3, 0.4) is 0 Å². The van der Waals surface area contributed by atoms with Crippen molar-refractivity contribution in [3.63, 3.8) is 0 Å². The SMILES string of the molecule is CC(C)N1CCOC(CNCc2ccccc2)C1. The van der Waals surface area contributed by atoms with E-state index in [-0.39, 0.29) is 0 Å². The summed E-state index contributed by atoms with van der Waals surface area (Å²) >= 11 is 0. The predicted octanol–water partition coefficient (Wildman–Crippen LogP) is 1.89. The first kappa shape index (κ1) is 13.5. The van der Waals surface area contributed by atoms with Crippen LogP contribution in [-0.2, 0) is 11.3 Å². The Morgan fingerprint density at radius 3 is 2.83 bits per heavy atom. The molecule has 0 aromatic heterocycles. The molecule has 18 heavy (non-hydrogen) atoms. The van der Waals surface area contributed by atoms with E-state index in [1.165, 1.54) is 5.56 Å². The molecule has 1 saturated heterocycles. The molecule has 3 heteroatoms. The van der Waals surface area contributed by atoms with Gasteiger partial charge in [-0.25, -0.2) is 0 Å². The van der Waals surface area contributed by atoms with Crippen molar-refractivity contribution in [2.24, 2.45) is 0 Å². The second kappa shape index (κ2) is 6.88. The van der Waals surface area contributed by atoms with Gasteiger partial charge in [-0.2, -0.15) is 0 Å². The Morgan fingerprint density at radius 2 is 2.11 bits per heavy atom. The van der Waals surface area contributed by atoms with Crippen LogP contribution in [-0.4, -0.2) is 43.3 Å². The topological polar surface area (TPSA) is 24.5 Å². The minimum absolute atomic E-state index is 0.324. The Balaban J connectivity index is 1.70. The molecule has 0 aliphatic carbocycles. The van der Waals surface area contributed by atoms with E-state index in [2.05, 4.69) is 48.3 Å². The Bertz CT molecular complexity index is 340. The highest BCUT2D eigenvalue weighted by Crippen LogP contribution is 2.08. The van der Waals surface area contributed by atoms with Crippen molar-refractivity contribution in [2.45, 2.75) is 32.5 Å². The molecule has 1 aromatic rings. The normalized spacial score (nSPS) is 21.4. The number of ether oxygens (including phenoxy) is 1. The number of hydrogen-bond donors (Lipinski definition) is 1. The van der Waals surface area contributed by atoms with Gasteiger partial charge in [0.1, 0.15) is 0 Å². The Hall–Kier alpha value is -0.900. The van der Waals surface area contributed by atoms with Gasteiger partial charge in [-0.05, 0) is 19.4 Å². The molecule has 1 N–H and O–H groups in total. The van der Waals surface area contributed by atoms with E-state index in [0.717, 1.165) is 32.8 Å². The third-order valence-electron chi connectivity index (χ3n) is 3.44. The maximum absolute atomic E-state index is 5.79. The molecule has 1 aliphatic rings. The van der Waals surface area contributed by atoms with E-state index in [4.69, 9.17) is 4.74 Å². The third kappa shape index (κ3) is 4.09. The van der Waals surface area contributed by atoms with Gasteiger partial charge in [0.15, 0.2) is 0 Å². The lowest BCUT2D eigenvalue weighted by Gasteiger charge is -2.35. The summed E-state index contributed by atoms with van der Waals surface area (Å²) in [5.74, 6) is 0. The van der Waals surface area contributed by atoms with Gasteiger partial charge < -0.3 is 10.1 Å². The summed E-state index contributed by atoms with van der Waals surface area (Å²) in [6, 6.07) is 11.1. The summed E-state index contributed by atoms with van der Waals surface area (Å²) in [5.41, 5.74) is 1.33. The van der Waals surface area contributed by atoms with Crippen LogP contribution in [0.1, 0.15) is 19.4 Å². The first-order valence-corrected chi connectivity index (χ1v) is 6.86. The standard InChI is InChI=1S/C15H24N2O/c1-13(2)17-8-9-18-15(12-17)11-16-10-14-6-4-3-5-7-14/h3-7,13,15-16H,8-12H2,1-2H3. The van der Waals surface area contributed by atoms with E-state index in [0.29, 0.717) is 12.1 Å². The molecular weight excluding hydrogens is 224 g/mol. The molecule has 1 unspecified atom stereocenters. The molecule has 0 radical (unpaired) electrons. The average molecular weight is 248 g/mol. The highest BCUT2D eigenvalue weighted by molar-refractivity contribution is 5.14. The van der Waals surface area contributed by atoms with Crippen molar-refractivity contribution in [3.8, 4) is 0 Å². The van der Waals surface area contributed by atoms with Gasteiger partial charge >= 0.3 is 0 Å². The van der Waals surface area contributed by atoms with Crippen LogP contribution in [0.4, 0.5) is 0 Å². The van der Waals surface area contributed by atoms with E-state index in [1.54, 1.807) is 0 Å². The van der Waals surface area contributed by atoms with Gasteiger partial charge in [0, 0.05) is 32.2 Å². The monoisotopic (exact) mass is 248 g/mol. The van der Waals surface area contributed by atoms with Crippen molar-refractivity contribution in [1.29, 1.82) is 0 Å². The van der Waals surface area contributed by atoms with Crippen LogP contribution in [0.5, 0.6) is 0 Å². The largest absolute Gasteiger partial charge is 0.374 e. The molecule has 1 aliphatic heterocycles. The summed E-state index contributed by atoms with van der Waals surface area (Å²) in [6.45, 7) is 9.31. The molecule has 3 nitrogen and oxygen atoms in total. The van der Waals surface area contributed by atoms with Gasteiger partial charge in [0.05, 0.1) is 12.7 Å². The number of nitrogens with zero attached hydrogens (tertiary/aromatic N) is 1. The van der Waals surface area contributed by atoms with E-state index >= 15 is 0 Å². The highest BCUT2D eigenvalue weighted by Gasteiger charge is 2.21. The third-order valence-corrected chi connectivity index (χ3v) is 3.44. The van der Waals surface area contributed by atoms with E-state index in [1.807, 2.05) is 6.07 Å². The number of nitrogens with one attached hydrogen (secondary N) is 1. The minimum atomic E-state index is 0.324. The summed E-state index contributed by atoms with van der Waals surface area (Å²) < 4.78 is 5.79. The summed E-state index contributed by atoms with van der Waals surface area (Å²) in [5, 5.41) is 3.48. The molecule has 0 bridgehead atoms. The molecule has 1 aromatic carbocycles. The molecule has 2 rings (SSSR count). The number of benzene rings is 1. The van der Waals surface area contributed by atoms with E-state index < -0.39 is 0 Å². The molecular formula is C15H24N2O. The number of morpholine rings is 1. The van der Waals surface area contributed by atoms with Crippen molar-refractivity contribution in [3.05, 3.63) is 35.9 Å². The van der Waals surface area contributed by atoms with Gasteiger partial charge in [-0.3, -0.25) is 4.90 Å². The fraction of sp³-hybridized carbons (Fsp3) is 0.600. The van der Waals surface area contributed by atoms with Crippen LogP contribution in [0.15, 0.2) is 30.3 Å². The van der Waals surface area contributed by atoms with E-state index in [9.17, 15) is 0 Å². The van der Waals surface area contributed by atoms with Gasteiger partial charge in [0.2, 0.25) is 0 Å². The first-order chi connectivity index (χ1) is 8.75. The van der Waals surface area contributed by atoms with Crippen molar-refractivity contribution in [1.82, 2.24) is 10.2 Å². The number of hydrogen-bond acceptors (Lipinski definition) is 3. The molecule has 0 saturated carbocycles. The second-order valence-corrected chi connectivity index (χ2v) is 5.20. The lowest BCUT2D eigenvalue weighted by molar-refractivity contribution is -0.0372. The summed E-state index contributed by atoms with van der Waals surface area (Å²) in [6.07, 6.45) is 0.324. The second-order valence-electron chi connectivity index (χ2n) is 5.20. The summed E-state index contributed by atoms with van der Waals surface area (Å²) in [7, 11) is 0. The Morgan fingerprint density at radius 1 is 1.33 bits per heavy atom. The minimum Gasteiger partial charge on any atom is -0.374 e. The van der Waals surface area contributed by atoms with Crippen molar-refractivity contribution in [2.75, 3.05) is 26.2 Å². The van der Waals surface area contributed by atoms with Crippen LogP contribution < -0.4 is 5.32 Å². The quantitative estimate of drug-likeness (QED) is 0.861. The van der Waals surface area contributed by atoms with Crippen LogP contribution in [0.2, 0.25) is 0 Å². The first-order valence-electron chi connectivity index (χ1n) is 6.86. The average Bonchev–Trinajstić information content (AvgIpc) is 2.40. The molecule has 1 heterocycles. The fourth-order valence-corrected chi connectivity index (χ4v) is 2.31. The lowest BCUT2D eigenvalue weighted by Crippen LogP contribution is -2.48. The van der Waals surface area contributed by atoms with Gasteiger partial charge in [0.25, 0.3) is 0 Å². The maximum atomic E-state index is 5.79. The van der Waals surface area contributed by atoms with Gasteiger partial charge in [-0.15, -0.1) is 0 Å². The van der Waals surface area contributed by atoms with Crippen LogP contribution >= 0.6 is 0 Å². The van der Waals surface area contributed by atoms with Crippen molar-refractivity contribution < 1.29 is 4.74 Å². The lowest BCUT2D eigenvalue weighted by atomic mass is 10.2. The van der Waals surface area contributed by atoms with Crippen LogP contribution in [0.25, 0.3) is 0 Å². The van der Waals surface area contributed by atoms with Crippen molar-refractivity contribution >= 4 is 0 Å². The molecule has 100 valence electrons. The summed E-state index contributed by atoms with van der Waals surface area (Å²) in [4.78, 5) is 2.48. The molecule has 0 spiro atoms. The van der Waals surface area contributed by atoms with Crippen LogP contribution in [0, 0.1) is 0 Å². The Labute approximate surface area is 110 Å². The zero-order chi connectivity index (χ0) is 12.8. The predicted molar refractivity (Wildman–Crippen MR) is 74.6 cm³/mol. The highest BCUT2D eigenvalue weighted by atomic mass is 16.5. The number of rotatable bonds is 5. The molecule has 1 fully saturated rings. The molecule has 1 atom stereocenters. The Kier molecular flexibility index (Phi) is 5.17.